The lowest BCUT2D eigenvalue weighted by Gasteiger charge is -2.08. The summed E-state index contributed by atoms with van der Waals surface area (Å²) in [6, 6.07) is 6.00. The fourth-order valence-electron chi connectivity index (χ4n) is 1.83. The van der Waals surface area contributed by atoms with E-state index in [-0.39, 0.29) is 11.7 Å². The normalized spacial score (nSPS) is 17.8. The van der Waals surface area contributed by atoms with Crippen molar-refractivity contribution in [2.75, 3.05) is 6.54 Å². The van der Waals surface area contributed by atoms with Crippen LogP contribution in [-0.2, 0) is 9.63 Å². The minimum Gasteiger partial charge on any atom is -0.382 e. The highest BCUT2D eigenvalue weighted by atomic mass is 19.1. The number of carbonyl (C=O) groups excluding carboxylic acids is 1. The van der Waals surface area contributed by atoms with Gasteiger partial charge >= 0.3 is 0 Å². The molecule has 0 spiro atoms. The molecule has 4 nitrogen and oxygen atoms in total. The van der Waals surface area contributed by atoms with E-state index in [0.29, 0.717) is 18.7 Å². The van der Waals surface area contributed by atoms with E-state index in [4.69, 9.17) is 4.84 Å². The molecule has 1 amide bonds. The van der Waals surface area contributed by atoms with Gasteiger partial charge in [0.2, 0.25) is 6.10 Å². The Morgan fingerprint density at radius 1 is 1.47 bits per heavy atom. The van der Waals surface area contributed by atoms with Gasteiger partial charge in [-0.1, -0.05) is 30.6 Å². The van der Waals surface area contributed by atoms with Crippen molar-refractivity contribution in [1.29, 1.82) is 0 Å². The number of amides is 1. The molecule has 0 aliphatic carbocycles. The molecule has 0 saturated heterocycles. The first-order valence-electron chi connectivity index (χ1n) is 6.47. The zero-order chi connectivity index (χ0) is 13.7. The number of nitrogens with one attached hydrogen (secondary N) is 1. The quantitative estimate of drug-likeness (QED) is 0.829. The summed E-state index contributed by atoms with van der Waals surface area (Å²) in [6.07, 6.45) is 1.83. The molecule has 1 aromatic rings. The van der Waals surface area contributed by atoms with Gasteiger partial charge in [0, 0.05) is 13.0 Å². The largest absolute Gasteiger partial charge is 0.382 e. The summed E-state index contributed by atoms with van der Waals surface area (Å²) in [7, 11) is 0. The second-order valence-corrected chi connectivity index (χ2v) is 4.49. The Hall–Kier alpha value is -1.91. The van der Waals surface area contributed by atoms with E-state index in [1.807, 2.05) is 0 Å². The summed E-state index contributed by atoms with van der Waals surface area (Å²) < 4.78 is 12.8. The molecule has 1 heterocycles. The Morgan fingerprint density at radius 2 is 2.21 bits per heavy atom. The molecule has 1 aliphatic rings. The van der Waals surface area contributed by atoms with Gasteiger partial charge in [-0.05, 0) is 24.1 Å². The summed E-state index contributed by atoms with van der Waals surface area (Å²) >= 11 is 0. The first kappa shape index (κ1) is 13.5. The lowest BCUT2D eigenvalue weighted by atomic mass is 10.0. The summed E-state index contributed by atoms with van der Waals surface area (Å²) in [5.74, 6) is -0.438. The van der Waals surface area contributed by atoms with E-state index in [0.717, 1.165) is 18.4 Å². The molecule has 0 fully saturated rings. The number of hydrogen-bond donors (Lipinski definition) is 1. The Bertz CT molecular complexity index is 471. The van der Waals surface area contributed by atoms with E-state index in [1.54, 1.807) is 12.1 Å². The Labute approximate surface area is 111 Å². The van der Waals surface area contributed by atoms with Crippen molar-refractivity contribution in [3.05, 3.63) is 35.6 Å². The van der Waals surface area contributed by atoms with Gasteiger partial charge in [0.25, 0.3) is 5.91 Å². The van der Waals surface area contributed by atoms with Crippen LogP contribution in [0, 0.1) is 5.82 Å². The summed E-state index contributed by atoms with van der Waals surface area (Å²) in [5.41, 5.74) is 1.46. The molecule has 1 aromatic carbocycles. The number of nitrogens with zero attached hydrogens (tertiary/aromatic N) is 1. The summed E-state index contributed by atoms with van der Waals surface area (Å²) in [5, 5.41) is 6.71. The molecule has 0 saturated carbocycles. The van der Waals surface area contributed by atoms with Crippen LogP contribution in [0.5, 0.6) is 0 Å². The van der Waals surface area contributed by atoms with Crippen LogP contribution in [-0.4, -0.2) is 24.3 Å². The van der Waals surface area contributed by atoms with Gasteiger partial charge in [0.05, 0.1) is 5.71 Å². The van der Waals surface area contributed by atoms with Crippen molar-refractivity contribution in [3.63, 3.8) is 0 Å². The van der Waals surface area contributed by atoms with Crippen molar-refractivity contribution in [2.45, 2.75) is 32.3 Å². The molecule has 0 radical (unpaired) electrons. The van der Waals surface area contributed by atoms with Crippen LogP contribution in [0.4, 0.5) is 4.39 Å². The van der Waals surface area contributed by atoms with E-state index >= 15 is 0 Å². The third-order valence-corrected chi connectivity index (χ3v) is 2.97. The number of halogens is 1. The molecule has 19 heavy (non-hydrogen) atoms. The van der Waals surface area contributed by atoms with Crippen LogP contribution in [0.25, 0.3) is 0 Å². The van der Waals surface area contributed by atoms with E-state index in [2.05, 4.69) is 17.4 Å². The summed E-state index contributed by atoms with van der Waals surface area (Å²) in [4.78, 5) is 16.9. The van der Waals surface area contributed by atoms with Crippen molar-refractivity contribution in [2.24, 2.45) is 5.16 Å². The van der Waals surface area contributed by atoms with Crippen molar-refractivity contribution >= 4 is 11.6 Å². The van der Waals surface area contributed by atoms with Crippen LogP contribution >= 0.6 is 0 Å². The van der Waals surface area contributed by atoms with Gasteiger partial charge < -0.3 is 10.2 Å². The molecule has 102 valence electrons. The Morgan fingerprint density at radius 3 is 2.89 bits per heavy atom. The lowest BCUT2D eigenvalue weighted by Crippen LogP contribution is -2.35. The van der Waals surface area contributed by atoms with E-state index < -0.39 is 6.10 Å². The molecular formula is C14H17FN2O2. The zero-order valence-corrected chi connectivity index (χ0v) is 10.9. The van der Waals surface area contributed by atoms with Gasteiger partial charge in [-0.3, -0.25) is 4.79 Å². The minimum absolute atomic E-state index is 0.144. The molecular weight excluding hydrogens is 247 g/mol. The molecule has 2 rings (SSSR count). The highest BCUT2D eigenvalue weighted by Crippen LogP contribution is 2.17. The molecule has 1 N–H and O–H groups in total. The standard InChI is InChI=1S/C14H17FN2O2/c1-2-3-8-16-14(18)13-9-12(17-19-13)10-4-6-11(15)7-5-10/h4-7,13H,2-3,8-9H2,1H3,(H,16,18). The number of rotatable bonds is 5. The molecule has 1 aliphatic heterocycles. The first-order chi connectivity index (χ1) is 9.20. The SMILES string of the molecule is CCCCNC(=O)C1CC(c2ccc(F)cc2)=NO1. The highest BCUT2D eigenvalue weighted by Gasteiger charge is 2.28. The number of carbonyl (C=O) groups is 1. The van der Waals surface area contributed by atoms with Crippen LogP contribution < -0.4 is 5.32 Å². The lowest BCUT2D eigenvalue weighted by molar-refractivity contribution is -0.131. The van der Waals surface area contributed by atoms with Gasteiger partial charge in [0.15, 0.2) is 0 Å². The predicted octanol–water partition coefficient (Wildman–Crippen LogP) is 2.24. The maximum atomic E-state index is 12.8. The maximum Gasteiger partial charge on any atom is 0.264 e. The fourth-order valence-corrected chi connectivity index (χ4v) is 1.83. The molecule has 0 bridgehead atoms. The van der Waals surface area contributed by atoms with Crippen molar-refractivity contribution in [1.82, 2.24) is 5.32 Å². The minimum atomic E-state index is -0.572. The van der Waals surface area contributed by atoms with Crippen LogP contribution in [0.1, 0.15) is 31.7 Å². The van der Waals surface area contributed by atoms with E-state index in [9.17, 15) is 9.18 Å². The molecule has 1 unspecified atom stereocenters. The average Bonchev–Trinajstić information content (AvgIpc) is 2.89. The number of benzene rings is 1. The van der Waals surface area contributed by atoms with Crippen LogP contribution in [0.15, 0.2) is 29.4 Å². The molecule has 1 atom stereocenters. The topological polar surface area (TPSA) is 50.7 Å². The monoisotopic (exact) mass is 264 g/mol. The van der Waals surface area contributed by atoms with Crippen molar-refractivity contribution in [3.8, 4) is 0 Å². The number of hydrogen-bond acceptors (Lipinski definition) is 3. The smallest absolute Gasteiger partial charge is 0.264 e. The second-order valence-electron chi connectivity index (χ2n) is 4.49. The van der Waals surface area contributed by atoms with Gasteiger partial charge in [-0.2, -0.15) is 0 Å². The Balaban J connectivity index is 1.88. The maximum absolute atomic E-state index is 12.8. The van der Waals surface area contributed by atoms with Gasteiger partial charge in [-0.25, -0.2) is 4.39 Å². The highest BCUT2D eigenvalue weighted by molar-refractivity contribution is 6.04. The summed E-state index contributed by atoms with van der Waals surface area (Å²) in [6.45, 7) is 2.72. The molecule has 5 heteroatoms. The first-order valence-corrected chi connectivity index (χ1v) is 6.47. The zero-order valence-electron chi connectivity index (χ0n) is 10.9. The third-order valence-electron chi connectivity index (χ3n) is 2.97. The average molecular weight is 264 g/mol. The fraction of sp³-hybridized carbons (Fsp3) is 0.429. The van der Waals surface area contributed by atoms with Crippen molar-refractivity contribution < 1.29 is 14.0 Å². The van der Waals surface area contributed by atoms with Crippen LogP contribution in [0.3, 0.4) is 0 Å². The Kier molecular flexibility index (Phi) is 4.49. The third kappa shape index (κ3) is 3.53. The number of unbranched alkanes of at least 4 members (excludes halogenated alkanes) is 1. The second kappa shape index (κ2) is 6.31. The molecule has 0 aromatic heterocycles. The van der Waals surface area contributed by atoms with Crippen LogP contribution in [0.2, 0.25) is 0 Å². The van der Waals surface area contributed by atoms with Gasteiger partial charge in [0.1, 0.15) is 5.82 Å². The van der Waals surface area contributed by atoms with Gasteiger partial charge in [-0.15, -0.1) is 0 Å². The van der Waals surface area contributed by atoms with E-state index in [1.165, 1.54) is 12.1 Å². The number of oxime groups is 1. The predicted molar refractivity (Wildman–Crippen MR) is 70.3 cm³/mol.